The van der Waals surface area contributed by atoms with E-state index >= 15 is 0 Å². The van der Waals surface area contributed by atoms with Gasteiger partial charge in [-0.15, -0.1) is 0 Å². The van der Waals surface area contributed by atoms with Gasteiger partial charge in [-0.3, -0.25) is 19.0 Å². The number of hydrogen-bond donors (Lipinski definition) is 2. The van der Waals surface area contributed by atoms with Crippen LogP contribution in [0.15, 0.2) is 76.6 Å². The van der Waals surface area contributed by atoms with Crippen LogP contribution in [-0.2, 0) is 18.4 Å². The summed E-state index contributed by atoms with van der Waals surface area (Å²) >= 11 is 3.35. The van der Waals surface area contributed by atoms with Crippen molar-refractivity contribution in [3.8, 4) is 11.6 Å². The maximum Gasteiger partial charge on any atom is 0.280 e. The van der Waals surface area contributed by atoms with Gasteiger partial charge in [0, 0.05) is 45.1 Å². The lowest BCUT2D eigenvalue weighted by molar-refractivity contribution is -0.142. The molecule has 2 aromatic carbocycles. The molecule has 246 valence electrons. The number of carbonyl (C=O) groups excluding carboxylic acids is 2. The molecule has 4 heterocycles. The predicted octanol–water partition coefficient (Wildman–Crippen LogP) is 3.55. The van der Waals surface area contributed by atoms with Gasteiger partial charge in [0.1, 0.15) is 23.6 Å². The van der Waals surface area contributed by atoms with E-state index in [9.17, 15) is 23.9 Å². The van der Waals surface area contributed by atoms with Gasteiger partial charge in [-0.1, -0.05) is 30.3 Å². The number of nitrogens with zero attached hydrogens (tertiary/aromatic N) is 6. The number of amides is 2. The van der Waals surface area contributed by atoms with Crippen LogP contribution < -0.4 is 16.0 Å². The summed E-state index contributed by atoms with van der Waals surface area (Å²) in [6.45, 7) is 1.37. The average Bonchev–Trinajstić information content (AvgIpc) is 3.42. The van der Waals surface area contributed by atoms with Crippen molar-refractivity contribution >= 4 is 33.4 Å². The zero-order valence-electron chi connectivity index (χ0n) is 25.8. The van der Waals surface area contributed by atoms with Gasteiger partial charge in [0.2, 0.25) is 11.8 Å². The number of hydrogen-bond acceptors (Lipinski definition) is 8. The quantitative estimate of drug-likeness (QED) is 0.296. The molecule has 2 aliphatic rings. The van der Waals surface area contributed by atoms with Crippen LogP contribution in [0.5, 0.6) is 11.6 Å². The summed E-state index contributed by atoms with van der Waals surface area (Å²) in [4.78, 5) is 52.4. The van der Waals surface area contributed by atoms with Crippen molar-refractivity contribution in [1.29, 1.82) is 0 Å². The number of rotatable bonds is 7. The van der Waals surface area contributed by atoms with Gasteiger partial charge < -0.3 is 29.9 Å². The van der Waals surface area contributed by atoms with E-state index in [1.165, 1.54) is 35.2 Å². The molecule has 2 amide bonds. The van der Waals surface area contributed by atoms with Crippen LogP contribution in [0.1, 0.15) is 41.2 Å². The van der Waals surface area contributed by atoms with E-state index in [0.29, 0.717) is 43.0 Å². The Labute approximate surface area is 278 Å². The zero-order chi connectivity index (χ0) is 33.3. The third kappa shape index (κ3) is 6.79. The molecule has 0 saturated carbocycles. The highest BCUT2D eigenvalue weighted by Gasteiger charge is 2.42. The summed E-state index contributed by atoms with van der Waals surface area (Å²) in [6.07, 6.45) is 3.81. The number of halogens is 2. The molecule has 2 atom stereocenters. The number of aromatic nitrogens is 4. The fourth-order valence-electron chi connectivity index (χ4n) is 6.37. The predicted molar refractivity (Wildman–Crippen MR) is 174 cm³/mol. The van der Waals surface area contributed by atoms with E-state index in [-0.39, 0.29) is 60.4 Å². The second kappa shape index (κ2) is 13.3. The summed E-state index contributed by atoms with van der Waals surface area (Å²) in [5, 5.41) is 11.5. The normalized spacial score (nSPS) is 19.4. The molecular formula is C33H35BrFN7O5. The van der Waals surface area contributed by atoms with Crippen LogP contribution in [0.2, 0.25) is 0 Å². The van der Waals surface area contributed by atoms with Crippen molar-refractivity contribution in [1.82, 2.24) is 28.9 Å². The first-order valence-electron chi connectivity index (χ1n) is 15.3. The second-order valence-corrected chi connectivity index (χ2v) is 12.8. The summed E-state index contributed by atoms with van der Waals surface area (Å²) in [5.74, 6) is -0.972. The third-order valence-electron chi connectivity index (χ3n) is 9.13. The van der Waals surface area contributed by atoms with Crippen molar-refractivity contribution in [3.63, 3.8) is 0 Å². The molecule has 6 rings (SSSR count). The minimum atomic E-state index is -1.26. The molecule has 0 spiro atoms. The van der Waals surface area contributed by atoms with E-state index in [0.717, 1.165) is 5.56 Å². The summed E-state index contributed by atoms with van der Waals surface area (Å²) in [6, 6.07) is 15.0. The molecule has 0 aliphatic carbocycles. The SMILES string of the molecule is Cn1c(C(=O)N2CC[C@@H](C(=O)N3CCC(O)(Cn4cnc(Oc5ccc(F)cc5)c(N)c4=O)CC3)[C@H](c3ccccc3)C2)cnc1Br. The molecule has 2 saturated heterocycles. The summed E-state index contributed by atoms with van der Waals surface area (Å²) in [5.41, 5.74) is 5.40. The highest BCUT2D eigenvalue weighted by molar-refractivity contribution is 9.10. The van der Waals surface area contributed by atoms with Gasteiger partial charge in [-0.2, -0.15) is 0 Å². The Hall–Kier alpha value is -4.56. The van der Waals surface area contributed by atoms with Crippen LogP contribution in [0.4, 0.5) is 10.1 Å². The highest BCUT2D eigenvalue weighted by atomic mass is 79.9. The van der Waals surface area contributed by atoms with Crippen molar-refractivity contribution in [2.45, 2.75) is 37.3 Å². The van der Waals surface area contributed by atoms with Crippen molar-refractivity contribution in [2.24, 2.45) is 13.0 Å². The highest BCUT2D eigenvalue weighted by Crippen LogP contribution is 2.36. The first-order chi connectivity index (χ1) is 22.5. The average molecular weight is 709 g/mol. The van der Waals surface area contributed by atoms with E-state index in [1.807, 2.05) is 30.3 Å². The molecule has 47 heavy (non-hydrogen) atoms. The topological polar surface area (TPSA) is 149 Å². The zero-order valence-corrected chi connectivity index (χ0v) is 27.3. The van der Waals surface area contributed by atoms with Gasteiger partial charge in [0.25, 0.3) is 11.5 Å². The Morgan fingerprint density at radius 3 is 2.43 bits per heavy atom. The van der Waals surface area contributed by atoms with Crippen LogP contribution >= 0.6 is 15.9 Å². The lowest BCUT2D eigenvalue weighted by atomic mass is 9.79. The smallest absolute Gasteiger partial charge is 0.280 e. The number of nitrogens with two attached hydrogens (primary N) is 1. The molecule has 2 aliphatic heterocycles. The number of carbonyl (C=O) groups is 2. The van der Waals surface area contributed by atoms with Crippen molar-refractivity contribution < 1.29 is 23.8 Å². The van der Waals surface area contributed by atoms with E-state index in [2.05, 4.69) is 25.9 Å². The molecule has 4 aromatic rings. The molecule has 3 N–H and O–H groups in total. The van der Waals surface area contributed by atoms with Crippen LogP contribution in [0.3, 0.4) is 0 Å². The molecule has 2 aromatic heterocycles. The number of anilines is 1. The summed E-state index contributed by atoms with van der Waals surface area (Å²) < 4.78 is 22.3. The van der Waals surface area contributed by atoms with Gasteiger partial charge in [-0.25, -0.2) is 14.4 Å². The van der Waals surface area contributed by atoms with Crippen molar-refractivity contribution in [2.75, 3.05) is 31.9 Å². The fourth-order valence-corrected chi connectivity index (χ4v) is 6.66. The minimum Gasteiger partial charge on any atom is -0.437 e. The standard InChI is InChI=1S/C33H35BrFN7O5/c1-39-26(17-37-32(39)34)30(44)41-14-11-24(25(18-41)21-5-3-2-4-6-21)29(43)40-15-12-33(46,13-16-40)19-42-20-38-28(27(36)31(42)45)47-23-9-7-22(35)8-10-23/h2-10,17,20,24-25,46H,11-16,18-19,36H2,1H3/t24-,25+/m1/s1. The second-order valence-electron chi connectivity index (χ2n) is 12.1. The van der Waals surface area contributed by atoms with E-state index in [1.54, 1.807) is 27.6 Å². The maximum atomic E-state index is 14.0. The van der Waals surface area contributed by atoms with E-state index in [4.69, 9.17) is 10.5 Å². The van der Waals surface area contributed by atoms with Crippen LogP contribution in [0.25, 0.3) is 0 Å². The van der Waals surface area contributed by atoms with Gasteiger partial charge in [-0.05, 0) is 65.0 Å². The first-order valence-corrected chi connectivity index (χ1v) is 16.1. The molecule has 0 bridgehead atoms. The number of nitrogen functional groups attached to an aromatic ring is 1. The first kappa shape index (κ1) is 32.4. The van der Waals surface area contributed by atoms with Crippen LogP contribution in [0, 0.1) is 11.7 Å². The largest absolute Gasteiger partial charge is 0.437 e. The Kier molecular flexibility index (Phi) is 9.15. The number of imidazole rings is 1. The Morgan fingerprint density at radius 2 is 1.77 bits per heavy atom. The minimum absolute atomic E-state index is 0.0124. The fraction of sp³-hybridized carbons (Fsp3) is 0.364. The van der Waals surface area contributed by atoms with Gasteiger partial charge >= 0.3 is 0 Å². The maximum absolute atomic E-state index is 14.0. The molecule has 0 radical (unpaired) electrons. The molecule has 14 heteroatoms. The number of piperidine rings is 2. The lowest BCUT2D eigenvalue weighted by Crippen LogP contribution is -2.53. The van der Waals surface area contributed by atoms with Gasteiger partial charge in [0.15, 0.2) is 10.4 Å². The number of likely N-dealkylation sites (tertiary alicyclic amines) is 2. The lowest BCUT2D eigenvalue weighted by Gasteiger charge is -2.43. The van der Waals surface area contributed by atoms with E-state index < -0.39 is 17.0 Å². The molecule has 12 nitrogen and oxygen atoms in total. The third-order valence-corrected chi connectivity index (χ3v) is 9.87. The molecular weight excluding hydrogens is 673 g/mol. The Morgan fingerprint density at radius 1 is 1.06 bits per heavy atom. The summed E-state index contributed by atoms with van der Waals surface area (Å²) in [7, 11) is 1.77. The Bertz CT molecular complexity index is 1820. The molecule has 0 unspecified atom stereocenters. The van der Waals surface area contributed by atoms with Crippen molar-refractivity contribution in [3.05, 3.63) is 99.3 Å². The Balaban J connectivity index is 1.12. The monoisotopic (exact) mass is 707 g/mol. The number of benzene rings is 2. The van der Waals surface area contributed by atoms with Crippen LogP contribution in [-0.4, -0.2) is 77.6 Å². The number of aliphatic hydroxyl groups is 1. The number of ether oxygens (including phenoxy) is 1. The molecule has 2 fully saturated rings. The van der Waals surface area contributed by atoms with Gasteiger partial charge in [0.05, 0.1) is 18.3 Å².